The van der Waals surface area contributed by atoms with E-state index in [0.717, 1.165) is 17.0 Å². The zero-order valence-corrected chi connectivity index (χ0v) is 18.1. The average Bonchev–Trinajstić information content (AvgIpc) is 3.52. The van der Waals surface area contributed by atoms with Gasteiger partial charge in [-0.25, -0.2) is 4.68 Å². The van der Waals surface area contributed by atoms with Gasteiger partial charge in [0.25, 0.3) is 5.91 Å². The summed E-state index contributed by atoms with van der Waals surface area (Å²) in [4.78, 5) is 12.6. The molecule has 2 aromatic heterocycles. The molecule has 1 amide bonds. The average molecular weight is 438 g/mol. The zero-order valence-electron chi connectivity index (χ0n) is 18.1. The number of benzene rings is 2. The number of hydrogen-bond acceptors (Lipinski definition) is 5. The number of nitrogens with one attached hydrogen (secondary N) is 1. The summed E-state index contributed by atoms with van der Waals surface area (Å²) in [5.41, 5.74) is 2.91. The van der Waals surface area contributed by atoms with Crippen molar-refractivity contribution in [1.29, 1.82) is 5.26 Å². The van der Waals surface area contributed by atoms with Crippen molar-refractivity contribution >= 4 is 12.0 Å². The fraction of sp³-hybridized carbons (Fsp3) is 0.115. The van der Waals surface area contributed by atoms with Gasteiger partial charge in [-0.15, -0.1) is 0 Å². The highest BCUT2D eigenvalue weighted by atomic mass is 16.5. The van der Waals surface area contributed by atoms with Crippen LogP contribution >= 0.6 is 0 Å². The van der Waals surface area contributed by atoms with Crippen molar-refractivity contribution in [2.24, 2.45) is 0 Å². The smallest absolute Gasteiger partial charge is 0.262 e. The highest BCUT2D eigenvalue weighted by Crippen LogP contribution is 2.28. The van der Waals surface area contributed by atoms with Crippen molar-refractivity contribution in [2.75, 3.05) is 6.61 Å². The van der Waals surface area contributed by atoms with E-state index >= 15 is 0 Å². The van der Waals surface area contributed by atoms with Crippen LogP contribution in [0, 0.1) is 11.3 Å². The van der Waals surface area contributed by atoms with Gasteiger partial charge in [0.15, 0.2) is 0 Å². The van der Waals surface area contributed by atoms with E-state index in [2.05, 4.69) is 5.32 Å². The number of ether oxygens (including phenoxy) is 1. The summed E-state index contributed by atoms with van der Waals surface area (Å²) in [7, 11) is 0. The van der Waals surface area contributed by atoms with Gasteiger partial charge in [0.05, 0.1) is 25.1 Å². The monoisotopic (exact) mass is 438 g/mol. The molecule has 7 nitrogen and oxygen atoms in total. The molecule has 0 saturated heterocycles. The standard InChI is InChI=1S/C26H22N4O3/c1-2-32-23-11-6-8-19(15-23)25-21(18-30(29-25)22-9-4-3-5-10-22)14-20(16-27)26(31)28-17-24-12-7-13-33-24/h3-15,18H,2,17H2,1H3,(H,28,31). The van der Waals surface area contributed by atoms with Crippen LogP contribution < -0.4 is 10.1 Å². The summed E-state index contributed by atoms with van der Waals surface area (Å²) in [5, 5.41) is 17.1. The summed E-state index contributed by atoms with van der Waals surface area (Å²) in [5.74, 6) is 0.831. The van der Waals surface area contributed by atoms with Gasteiger partial charge in [0.2, 0.25) is 0 Å². The quantitative estimate of drug-likeness (QED) is 0.316. The van der Waals surface area contributed by atoms with E-state index in [1.807, 2.05) is 67.6 Å². The Kier molecular flexibility index (Phi) is 6.67. The number of carbonyl (C=O) groups is 1. The second-order valence-corrected chi connectivity index (χ2v) is 7.11. The lowest BCUT2D eigenvalue weighted by molar-refractivity contribution is -0.117. The van der Waals surface area contributed by atoms with Gasteiger partial charge in [-0.1, -0.05) is 30.3 Å². The molecule has 4 rings (SSSR count). The molecule has 0 aliphatic heterocycles. The van der Waals surface area contributed by atoms with Crippen molar-refractivity contribution in [2.45, 2.75) is 13.5 Å². The minimum atomic E-state index is -0.490. The maximum atomic E-state index is 12.6. The van der Waals surface area contributed by atoms with Crippen LogP contribution in [0.2, 0.25) is 0 Å². The molecular formula is C26H22N4O3. The summed E-state index contributed by atoms with van der Waals surface area (Å²) in [6.45, 7) is 2.66. The zero-order chi connectivity index (χ0) is 23.0. The van der Waals surface area contributed by atoms with E-state index in [-0.39, 0.29) is 12.1 Å². The van der Waals surface area contributed by atoms with Gasteiger partial charge >= 0.3 is 0 Å². The fourth-order valence-electron chi connectivity index (χ4n) is 3.31. The molecule has 0 saturated carbocycles. The van der Waals surface area contributed by atoms with E-state index in [4.69, 9.17) is 14.3 Å². The molecule has 0 spiro atoms. The van der Waals surface area contributed by atoms with E-state index in [9.17, 15) is 10.1 Å². The molecule has 0 radical (unpaired) electrons. The molecule has 4 aromatic rings. The molecule has 33 heavy (non-hydrogen) atoms. The third-order valence-electron chi connectivity index (χ3n) is 4.85. The van der Waals surface area contributed by atoms with Crippen molar-refractivity contribution in [1.82, 2.24) is 15.1 Å². The maximum Gasteiger partial charge on any atom is 0.262 e. The molecule has 2 heterocycles. The van der Waals surface area contributed by atoms with Gasteiger partial charge < -0.3 is 14.5 Å². The summed E-state index contributed by atoms with van der Waals surface area (Å²) < 4.78 is 12.6. The predicted octanol–water partition coefficient (Wildman–Crippen LogP) is 4.75. The molecule has 0 atom stereocenters. The van der Waals surface area contributed by atoms with Crippen molar-refractivity contribution < 1.29 is 13.9 Å². The summed E-state index contributed by atoms with van der Waals surface area (Å²) in [6.07, 6.45) is 4.88. The molecule has 164 valence electrons. The first-order valence-electron chi connectivity index (χ1n) is 10.5. The highest BCUT2D eigenvalue weighted by Gasteiger charge is 2.16. The largest absolute Gasteiger partial charge is 0.494 e. The Labute approximate surface area is 191 Å². The second-order valence-electron chi connectivity index (χ2n) is 7.11. The molecule has 0 bridgehead atoms. The normalized spacial score (nSPS) is 11.1. The van der Waals surface area contributed by atoms with Gasteiger partial charge in [0.1, 0.15) is 28.8 Å². The molecule has 1 N–H and O–H groups in total. The fourth-order valence-corrected chi connectivity index (χ4v) is 3.31. The Bertz CT molecular complexity index is 1300. The molecule has 0 unspecified atom stereocenters. The van der Waals surface area contributed by atoms with Gasteiger partial charge in [-0.2, -0.15) is 10.4 Å². The molecule has 2 aromatic carbocycles. The number of rotatable bonds is 8. The first-order chi connectivity index (χ1) is 16.2. The lowest BCUT2D eigenvalue weighted by Crippen LogP contribution is -2.23. The number of amides is 1. The summed E-state index contributed by atoms with van der Waals surface area (Å²) >= 11 is 0. The van der Waals surface area contributed by atoms with Crippen LogP contribution in [0.1, 0.15) is 18.2 Å². The van der Waals surface area contributed by atoms with Crippen LogP contribution in [-0.4, -0.2) is 22.3 Å². The molecule has 0 aliphatic carbocycles. The number of furan rings is 1. The van der Waals surface area contributed by atoms with Crippen LogP contribution in [0.3, 0.4) is 0 Å². The number of carbonyl (C=O) groups excluding carboxylic acids is 1. The molecule has 0 aliphatic rings. The minimum Gasteiger partial charge on any atom is -0.494 e. The molecule has 7 heteroatoms. The third kappa shape index (κ3) is 5.20. The third-order valence-corrected chi connectivity index (χ3v) is 4.85. The van der Waals surface area contributed by atoms with E-state index < -0.39 is 5.91 Å². The van der Waals surface area contributed by atoms with E-state index in [0.29, 0.717) is 23.6 Å². The number of nitriles is 1. The van der Waals surface area contributed by atoms with Crippen LogP contribution in [0.25, 0.3) is 23.0 Å². The Hall–Kier alpha value is -4.57. The molecular weight excluding hydrogens is 416 g/mol. The second kappa shape index (κ2) is 10.2. The van der Waals surface area contributed by atoms with Gasteiger partial charge in [-0.05, 0) is 49.4 Å². The Morgan fingerprint density at radius 2 is 2.03 bits per heavy atom. The predicted molar refractivity (Wildman–Crippen MR) is 124 cm³/mol. The van der Waals surface area contributed by atoms with Crippen molar-refractivity contribution in [3.05, 3.63) is 96.1 Å². The lowest BCUT2D eigenvalue weighted by Gasteiger charge is -2.06. The Morgan fingerprint density at radius 3 is 2.76 bits per heavy atom. The van der Waals surface area contributed by atoms with Crippen molar-refractivity contribution in [3.63, 3.8) is 0 Å². The SMILES string of the molecule is CCOc1cccc(-c2nn(-c3ccccc3)cc2C=C(C#N)C(=O)NCc2ccco2)c1. The highest BCUT2D eigenvalue weighted by molar-refractivity contribution is 6.02. The minimum absolute atomic E-state index is 0.0311. The number of aromatic nitrogens is 2. The van der Waals surface area contributed by atoms with Crippen molar-refractivity contribution in [3.8, 4) is 28.8 Å². The van der Waals surface area contributed by atoms with Crippen LogP contribution in [0.5, 0.6) is 5.75 Å². The number of para-hydroxylation sites is 1. The number of nitrogens with zero attached hydrogens (tertiary/aromatic N) is 3. The Morgan fingerprint density at radius 1 is 1.18 bits per heavy atom. The first-order valence-corrected chi connectivity index (χ1v) is 10.5. The number of hydrogen-bond donors (Lipinski definition) is 1. The van der Waals surface area contributed by atoms with Gasteiger partial charge in [-0.3, -0.25) is 4.79 Å². The topological polar surface area (TPSA) is 93.1 Å². The first kappa shape index (κ1) is 21.7. The van der Waals surface area contributed by atoms with Gasteiger partial charge in [0, 0.05) is 17.3 Å². The molecule has 0 fully saturated rings. The maximum absolute atomic E-state index is 12.6. The van der Waals surface area contributed by atoms with Crippen LogP contribution in [-0.2, 0) is 11.3 Å². The lowest BCUT2D eigenvalue weighted by atomic mass is 10.1. The van der Waals surface area contributed by atoms with Crippen LogP contribution in [0.4, 0.5) is 0 Å². The van der Waals surface area contributed by atoms with E-state index in [1.165, 1.54) is 6.26 Å². The summed E-state index contributed by atoms with van der Waals surface area (Å²) in [6, 6.07) is 22.7. The van der Waals surface area contributed by atoms with Crippen LogP contribution in [0.15, 0.2) is 89.2 Å². The Balaban J connectivity index is 1.72. The van der Waals surface area contributed by atoms with E-state index in [1.54, 1.807) is 29.1 Å².